The molecule has 0 N–H and O–H groups in total. The van der Waals surface area contributed by atoms with E-state index in [0.29, 0.717) is 0 Å². The molecule has 2 aliphatic heterocycles. The molecule has 0 spiro atoms. The fourth-order valence-corrected chi connectivity index (χ4v) is 1.37. The zero-order valence-corrected chi connectivity index (χ0v) is 12.3. The first-order chi connectivity index (χ1) is 6.00. The van der Waals surface area contributed by atoms with Crippen LogP contribution >= 0.6 is 0 Å². The Hall–Kier alpha value is 0.842. The van der Waals surface area contributed by atoms with Crippen LogP contribution in [-0.4, -0.2) is 53.7 Å². The predicted molar refractivity (Wildman–Crippen MR) is 55.1 cm³/mol. The minimum Gasteiger partial charge on any atom is -0.381 e. The van der Waals surface area contributed by atoms with E-state index in [1.165, 1.54) is 38.5 Å². The number of hydrogen-bond acceptors (Lipinski definition) is 2. The topological polar surface area (TPSA) is 18.5 Å². The smallest absolute Gasteiger partial charge is 0.0466 e. The summed E-state index contributed by atoms with van der Waals surface area (Å²) < 4.78 is 10.1. The molecule has 76 valence electrons. The van der Waals surface area contributed by atoms with E-state index in [4.69, 9.17) is 9.47 Å². The van der Waals surface area contributed by atoms with Crippen LogP contribution < -0.4 is 0 Å². The van der Waals surface area contributed by atoms with Gasteiger partial charge in [0.25, 0.3) is 0 Å². The molecule has 0 unspecified atom stereocenters. The second kappa shape index (κ2) is 10.9. The van der Waals surface area contributed by atoms with Crippen molar-refractivity contribution in [2.45, 2.75) is 38.5 Å². The Kier molecular flexibility index (Phi) is 11.6. The second-order valence-corrected chi connectivity index (χ2v) is 3.35. The molecule has 2 aliphatic rings. The van der Waals surface area contributed by atoms with E-state index in [1.807, 2.05) is 0 Å². The molecule has 2 rings (SSSR count). The van der Waals surface area contributed by atoms with Crippen LogP contribution in [0.4, 0.5) is 0 Å². The van der Waals surface area contributed by atoms with Gasteiger partial charge in [0.2, 0.25) is 0 Å². The van der Waals surface area contributed by atoms with Gasteiger partial charge in [-0.25, -0.2) is 0 Å². The van der Waals surface area contributed by atoms with Crippen LogP contribution in [0.2, 0.25) is 0 Å². The molecular weight excluding hydrogens is 359 g/mol. The third-order valence-electron chi connectivity index (χ3n) is 2.15. The maximum atomic E-state index is 5.07. The molecule has 0 saturated carbocycles. The van der Waals surface area contributed by atoms with Crippen molar-refractivity contribution in [3.05, 3.63) is 0 Å². The molecule has 2 fully saturated rings. The van der Waals surface area contributed by atoms with Crippen molar-refractivity contribution in [3.8, 4) is 0 Å². The molecule has 4 radical (unpaired) electrons. The molecule has 0 atom stereocenters. The summed E-state index contributed by atoms with van der Waals surface area (Å²) in [5.74, 6) is 0. The van der Waals surface area contributed by atoms with Crippen molar-refractivity contribution in [2.75, 3.05) is 26.4 Å². The fourth-order valence-electron chi connectivity index (χ4n) is 1.37. The molecule has 0 aromatic rings. The minimum absolute atomic E-state index is 0. The summed E-state index contributed by atoms with van der Waals surface area (Å²) in [6, 6.07) is 0. The van der Waals surface area contributed by atoms with Gasteiger partial charge in [0.15, 0.2) is 0 Å². The van der Waals surface area contributed by atoms with E-state index in [1.54, 1.807) is 0 Å². The van der Waals surface area contributed by atoms with Crippen LogP contribution in [-0.2, 0) is 9.47 Å². The SMILES string of the molecule is C1CCOCC1.C1CCOCC1.[Pb]. The van der Waals surface area contributed by atoms with Gasteiger partial charge in [-0.2, -0.15) is 0 Å². The van der Waals surface area contributed by atoms with Crippen LogP contribution in [0.3, 0.4) is 0 Å². The first-order valence-electron chi connectivity index (χ1n) is 5.15. The zero-order valence-electron chi connectivity index (χ0n) is 8.39. The number of ether oxygens (including phenoxy) is 2. The van der Waals surface area contributed by atoms with Crippen molar-refractivity contribution in [2.24, 2.45) is 0 Å². The average molecular weight is 379 g/mol. The summed E-state index contributed by atoms with van der Waals surface area (Å²) in [6.07, 6.45) is 7.86. The second-order valence-electron chi connectivity index (χ2n) is 3.35. The Morgan fingerprint density at radius 1 is 0.462 bits per heavy atom. The van der Waals surface area contributed by atoms with Crippen molar-refractivity contribution < 1.29 is 9.47 Å². The maximum Gasteiger partial charge on any atom is 0.0466 e. The first-order valence-corrected chi connectivity index (χ1v) is 5.15. The van der Waals surface area contributed by atoms with Gasteiger partial charge in [-0.05, 0) is 38.5 Å². The van der Waals surface area contributed by atoms with Crippen LogP contribution in [0, 0.1) is 0 Å². The number of hydrogen-bond donors (Lipinski definition) is 0. The Balaban J connectivity index is 0.000000206. The Bertz CT molecular complexity index is 55.9. The normalized spacial score (nSPS) is 22.2. The molecular formula is C10H20O2Pb. The third-order valence-corrected chi connectivity index (χ3v) is 2.15. The van der Waals surface area contributed by atoms with Crippen molar-refractivity contribution in [1.29, 1.82) is 0 Å². The third kappa shape index (κ3) is 9.15. The van der Waals surface area contributed by atoms with E-state index >= 15 is 0 Å². The summed E-state index contributed by atoms with van der Waals surface area (Å²) in [4.78, 5) is 0. The van der Waals surface area contributed by atoms with Crippen LogP contribution in [0.15, 0.2) is 0 Å². The summed E-state index contributed by atoms with van der Waals surface area (Å²) >= 11 is 0. The molecule has 0 amide bonds. The Labute approximate surface area is 102 Å². The van der Waals surface area contributed by atoms with Gasteiger partial charge in [0.05, 0.1) is 0 Å². The van der Waals surface area contributed by atoms with Gasteiger partial charge >= 0.3 is 0 Å². The molecule has 13 heavy (non-hydrogen) atoms. The van der Waals surface area contributed by atoms with Crippen molar-refractivity contribution >= 4 is 27.3 Å². The first kappa shape index (κ1) is 13.8. The van der Waals surface area contributed by atoms with Gasteiger partial charge in [-0.1, -0.05) is 0 Å². The van der Waals surface area contributed by atoms with E-state index in [0.717, 1.165) is 26.4 Å². The van der Waals surface area contributed by atoms with Gasteiger partial charge in [-0.15, -0.1) is 0 Å². The van der Waals surface area contributed by atoms with Crippen molar-refractivity contribution in [3.63, 3.8) is 0 Å². The molecule has 0 aromatic heterocycles. The molecule has 0 bridgehead atoms. The summed E-state index contributed by atoms with van der Waals surface area (Å²) in [7, 11) is 0. The molecule has 0 aromatic carbocycles. The summed E-state index contributed by atoms with van der Waals surface area (Å²) in [5, 5.41) is 0. The van der Waals surface area contributed by atoms with Gasteiger partial charge in [0.1, 0.15) is 0 Å². The quantitative estimate of drug-likeness (QED) is 0.600. The summed E-state index contributed by atoms with van der Waals surface area (Å²) in [5.41, 5.74) is 0. The van der Waals surface area contributed by atoms with Crippen LogP contribution in [0.1, 0.15) is 38.5 Å². The minimum atomic E-state index is 0. The fraction of sp³-hybridized carbons (Fsp3) is 1.00. The zero-order chi connectivity index (χ0) is 8.49. The number of rotatable bonds is 0. The van der Waals surface area contributed by atoms with E-state index in [9.17, 15) is 0 Å². The van der Waals surface area contributed by atoms with E-state index in [-0.39, 0.29) is 27.3 Å². The largest absolute Gasteiger partial charge is 0.381 e. The van der Waals surface area contributed by atoms with Crippen LogP contribution in [0.5, 0.6) is 0 Å². The van der Waals surface area contributed by atoms with Gasteiger partial charge < -0.3 is 9.47 Å². The molecule has 0 aliphatic carbocycles. The van der Waals surface area contributed by atoms with Gasteiger partial charge in [0, 0.05) is 53.7 Å². The summed E-state index contributed by atoms with van der Waals surface area (Å²) in [6.45, 7) is 4.00. The molecule has 3 heteroatoms. The van der Waals surface area contributed by atoms with E-state index < -0.39 is 0 Å². The monoisotopic (exact) mass is 380 g/mol. The molecule has 2 heterocycles. The van der Waals surface area contributed by atoms with Crippen LogP contribution in [0.25, 0.3) is 0 Å². The van der Waals surface area contributed by atoms with Crippen molar-refractivity contribution in [1.82, 2.24) is 0 Å². The van der Waals surface area contributed by atoms with E-state index in [2.05, 4.69) is 0 Å². The van der Waals surface area contributed by atoms with Gasteiger partial charge in [-0.3, -0.25) is 0 Å². The predicted octanol–water partition coefficient (Wildman–Crippen LogP) is 1.99. The standard InChI is InChI=1S/2C5H10O.Pb/c2*1-2-4-6-5-3-1;/h2*1-5H2;. The molecule has 2 saturated heterocycles. The maximum absolute atomic E-state index is 5.07. The Morgan fingerprint density at radius 2 is 0.769 bits per heavy atom. The Morgan fingerprint density at radius 3 is 0.846 bits per heavy atom. The average Bonchev–Trinajstić information content (AvgIpc) is 2.24. The molecule has 2 nitrogen and oxygen atoms in total.